The van der Waals surface area contributed by atoms with Gasteiger partial charge in [0.05, 0.1) is 25.9 Å². The van der Waals surface area contributed by atoms with E-state index in [4.69, 9.17) is 19.9 Å². The van der Waals surface area contributed by atoms with E-state index in [9.17, 15) is 4.79 Å². The van der Waals surface area contributed by atoms with E-state index in [0.29, 0.717) is 22.9 Å². The molecule has 3 rings (SSSR count). The van der Waals surface area contributed by atoms with Gasteiger partial charge in [0.25, 0.3) is 0 Å². The molecule has 0 spiro atoms. The Morgan fingerprint density at radius 1 is 1.24 bits per heavy atom. The molecule has 0 aliphatic carbocycles. The summed E-state index contributed by atoms with van der Waals surface area (Å²) < 4.78 is 16.6. The van der Waals surface area contributed by atoms with Crippen LogP contribution in [0.5, 0.6) is 17.4 Å². The number of pyridine rings is 1. The molecule has 1 fully saturated rings. The molecule has 3 N–H and O–H groups in total. The Hall–Kier alpha value is -2.68. The minimum atomic E-state index is -0.525. The van der Waals surface area contributed by atoms with Crippen LogP contribution >= 0.6 is 0 Å². The minimum absolute atomic E-state index is 0.333. The van der Waals surface area contributed by atoms with Crippen LogP contribution in [0, 0.1) is 0 Å². The Labute approximate surface area is 171 Å². The molecule has 0 unspecified atom stereocenters. The number of benzene rings is 1. The van der Waals surface area contributed by atoms with Crippen molar-refractivity contribution in [2.24, 2.45) is 5.73 Å². The number of amides is 1. The van der Waals surface area contributed by atoms with Crippen molar-refractivity contribution in [1.29, 1.82) is 0 Å². The van der Waals surface area contributed by atoms with E-state index in [-0.39, 0.29) is 0 Å². The van der Waals surface area contributed by atoms with Crippen molar-refractivity contribution in [2.75, 3.05) is 46.5 Å². The number of hydrogen-bond acceptors (Lipinski definition) is 7. The lowest BCUT2D eigenvalue weighted by molar-refractivity contribution is 0.0374. The molecule has 0 saturated carbocycles. The van der Waals surface area contributed by atoms with Gasteiger partial charge in [-0.2, -0.15) is 0 Å². The molecule has 1 aromatic carbocycles. The fraction of sp³-hybridized carbons (Fsp3) is 0.429. The summed E-state index contributed by atoms with van der Waals surface area (Å²) in [7, 11) is 1.60. The first-order valence-electron chi connectivity index (χ1n) is 9.77. The number of morpholine rings is 1. The summed E-state index contributed by atoms with van der Waals surface area (Å²) >= 11 is 0. The second-order valence-corrected chi connectivity index (χ2v) is 6.82. The lowest BCUT2D eigenvalue weighted by Gasteiger charge is -2.26. The van der Waals surface area contributed by atoms with Gasteiger partial charge in [-0.15, -0.1) is 0 Å². The molecule has 0 atom stereocenters. The molecular weight excluding hydrogens is 372 g/mol. The molecule has 8 nitrogen and oxygen atoms in total. The molecule has 29 heavy (non-hydrogen) atoms. The zero-order valence-corrected chi connectivity index (χ0v) is 16.7. The second-order valence-electron chi connectivity index (χ2n) is 6.82. The van der Waals surface area contributed by atoms with Gasteiger partial charge in [-0.05, 0) is 43.3 Å². The summed E-state index contributed by atoms with van der Waals surface area (Å²) in [6, 6.07) is 8.97. The Morgan fingerprint density at radius 3 is 2.76 bits per heavy atom. The molecule has 1 saturated heterocycles. The van der Waals surface area contributed by atoms with E-state index in [1.54, 1.807) is 19.2 Å². The summed E-state index contributed by atoms with van der Waals surface area (Å²) in [5, 5.41) is 3.47. The number of ether oxygens (including phenoxy) is 3. The number of carbonyl (C=O) groups excluding carboxylic acids is 1. The van der Waals surface area contributed by atoms with Gasteiger partial charge in [-0.1, -0.05) is 6.07 Å². The van der Waals surface area contributed by atoms with Crippen LogP contribution < -0.4 is 20.5 Å². The van der Waals surface area contributed by atoms with Crippen LogP contribution in [0.4, 0.5) is 0 Å². The standard InChI is InChI=1S/C21H28N4O4/c1-27-19-13-16(14-23-7-2-8-25-9-11-28-12-10-25)3-5-18(19)29-20-6-4-17(15-24-20)21(22)26/h3-6,13,15,23H,2,7-12,14H2,1H3,(H2,22,26). The minimum Gasteiger partial charge on any atom is -0.493 e. The molecule has 1 aliphatic heterocycles. The Balaban J connectivity index is 1.48. The van der Waals surface area contributed by atoms with Gasteiger partial charge in [0.15, 0.2) is 11.5 Å². The number of nitrogens with two attached hydrogens (primary N) is 1. The van der Waals surface area contributed by atoms with E-state index < -0.39 is 5.91 Å². The topological polar surface area (TPSA) is 98.9 Å². The molecule has 2 aromatic rings. The Bertz CT molecular complexity index is 792. The average molecular weight is 400 g/mol. The maximum atomic E-state index is 11.1. The van der Waals surface area contributed by atoms with E-state index in [1.807, 2.05) is 18.2 Å². The number of rotatable bonds is 10. The fourth-order valence-electron chi connectivity index (χ4n) is 3.09. The third-order valence-electron chi connectivity index (χ3n) is 4.72. The second kappa shape index (κ2) is 10.8. The van der Waals surface area contributed by atoms with Crippen LogP contribution in [0.1, 0.15) is 22.3 Å². The number of carbonyl (C=O) groups is 1. The number of hydrogen-bond donors (Lipinski definition) is 2. The average Bonchev–Trinajstić information content (AvgIpc) is 2.75. The van der Waals surface area contributed by atoms with E-state index in [0.717, 1.165) is 57.9 Å². The first-order valence-corrected chi connectivity index (χ1v) is 9.77. The predicted octanol–water partition coefficient (Wildman–Crippen LogP) is 1.79. The quantitative estimate of drug-likeness (QED) is 0.587. The highest BCUT2D eigenvalue weighted by Crippen LogP contribution is 2.31. The van der Waals surface area contributed by atoms with Gasteiger partial charge in [-0.25, -0.2) is 4.98 Å². The van der Waals surface area contributed by atoms with Crippen LogP contribution in [0.3, 0.4) is 0 Å². The van der Waals surface area contributed by atoms with Crippen LogP contribution in [-0.2, 0) is 11.3 Å². The first-order chi connectivity index (χ1) is 14.2. The molecule has 156 valence electrons. The van der Waals surface area contributed by atoms with Gasteiger partial charge < -0.3 is 25.3 Å². The largest absolute Gasteiger partial charge is 0.493 e. The van der Waals surface area contributed by atoms with E-state index in [2.05, 4.69) is 15.2 Å². The van der Waals surface area contributed by atoms with Crippen molar-refractivity contribution in [3.05, 3.63) is 47.7 Å². The number of nitrogens with zero attached hydrogens (tertiary/aromatic N) is 2. The van der Waals surface area contributed by atoms with Crippen molar-refractivity contribution >= 4 is 5.91 Å². The molecule has 1 aromatic heterocycles. The lowest BCUT2D eigenvalue weighted by atomic mass is 10.2. The smallest absolute Gasteiger partial charge is 0.250 e. The number of methoxy groups -OCH3 is 1. The summed E-state index contributed by atoms with van der Waals surface area (Å²) in [4.78, 5) is 17.7. The maximum Gasteiger partial charge on any atom is 0.250 e. The molecule has 2 heterocycles. The molecule has 1 amide bonds. The Morgan fingerprint density at radius 2 is 2.07 bits per heavy atom. The zero-order chi connectivity index (χ0) is 20.5. The summed E-state index contributed by atoms with van der Waals surface area (Å²) in [6.07, 6.45) is 2.49. The normalized spacial score (nSPS) is 14.5. The van der Waals surface area contributed by atoms with Crippen molar-refractivity contribution < 1.29 is 19.0 Å². The zero-order valence-electron chi connectivity index (χ0n) is 16.7. The molecule has 8 heteroatoms. The van der Waals surface area contributed by atoms with Crippen LogP contribution in [0.25, 0.3) is 0 Å². The molecular formula is C21H28N4O4. The van der Waals surface area contributed by atoms with Crippen molar-refractivity contribution in [1.82, 2.24) is 15.2 Å². The van der Waals surface area contributed by atoms with Gasteiger partial charge in [-0.3, -0.25) is 9.69 Å². The first kappa shape index (κ1) is 21.0. The molecule has 0 radical (unpaired) electrons. The number of aromatic nitrogens is 1. The van der Waals surface area contributed by atoms with Crippen molar-refractivity contribution in [3.8, 4) is 17.4 Å². The van der Waals surface area contributed by atoms with Crippen molar-refractivity contribution in [2.45, 2.75) is 13.0 Å². The van der Waals surface area contributed by atoms with Crippen LogP contribution in [0.2, 0.25) is 0 Å². The third-order valence-corrected chi connectivity index (χ3v) is 4.72. The highest BCUT2D eigenvalue weighted by atomic mass is 16.5. The van der Waals surface area contributed by atoms with Crippen LogP contribution in [0.15, 0.2) is 36.5 Å². The molecule has 0 bridgehead atoms. The van der Waals surface area contributed by atoms with E-state index in [1.165, 1.54) is 6.20 Å². The fourth-order valence-corrected chi connectivity index (χ4v) is 3.09. The Kier molecular flexibility index (Phi) is 7.80. The van der Waals surface area contributed by atoms with Crippen molar-refractivity contribution in [3.63, 3.8) is 0 Å². The highest BCUT2D eigenvalue weighted by molar-refractivity contribution is 5.92. The third kappa shape index (κ3) is 6.42. The highest BCUT2D eigenvalue weighted by Gasteiger charge is 2.10. The summed E-state index contributed by atoms with van der Waals surface area (Å²) in [6.45, 7) is 6.53. The van der Waals surface area contributed by atoms with Gasteiger partial charge in [0.1, 0.15) is 0 Å². The van der Waals surface area contributed by atoms with Gasteiger partial charge in [0.2, 0.25) is 11.8 Å². The van der Waals surface area contributed by atoms with Gasteiger partial charge >= 0.3 is 0 Å². The van der Waals surface area contributed by atoms with E-state index >= 15 is 0 Å². The molecule has 1 aliphatic rings. The SMILES string of the molecule is COc1cc(CNCCCN2CCOCC2)ccc1Oc1ccc(C(N)=O)cn1. The monoisotopic (exact) mass is 400 g/mol. The maximum absolute atomic E-state index is 11.1. The lowest BCUT2D eigenvalue weighted by Crippen LogP contribution is -2.37. The summed E-state index contributed by atoms with van der Waals surface area (Å²) in [5.74, 6) is 1.02. The number of primary amides is 1. The van der Waals surface area contributed by atoms with Crippen LogP contribution in [-0.4, -0.2) is 62.3 Å². The summed E-state index contributed by atoms with van der Waals surface area (Å²) in [5.41, 5.74) is 6.66. The van der Waals surface area contributed by atoms with Gasteiger partial charge in [0, 0.05) is 31.9 Å². The predicted molar refractivity (Wildman–Crippen MR) is 109 cm³/mol. The number of nitrogens with one attached hydrogen (secondary N) is 1.